The van der Waals surface area contributed by atoms with E-state index in [2.05, 4.69) is 15.1 Å². The molecule has 7 nitrogen and oxygen atoms in total. The van der Waals surface area contributed by atoms with Crippen LogP contribution in [0.2, 0.25) is 0 Å². The summed E-state index contributed by atoms with van der Waals surface area (Å²) >= 11 is 0. The van der Waals surface area contributed by atoms with E-state index in [9.17, 15) is 9.59 Å². The number of carbonyl (C=O) groups excluding carboxylic acids is 1. The predicted molar refractivity (Wildman–Crippen MR) is 103 cm³/mol. The lowest BCUT2D eigenvalue weighted by Gasteiger charge is -2.06. The van der Waals surface area contributed by atoms with E-state index in [0.717, 1.165) is 11.1 Å². The Bertz CT molecular complexity index is 1130. The fourth-order valence-electron chi connectivity index (χ4n) is 2.72. The van der Waals surface area contributed by atoms with Gasteiger partial charge in [-0.2, -0.15) is 5.10 Å². The summed E-state index contributed by atoms with van der Waals surface area (Å²) in [5.74, 6) is 0.164. The third-order valence-corrected chi connectivity index (χ3v) is 4.11. The average molecular weight is 372 g/mol. The van der Waals surface area contributed by atoms with Gasteiger partial charge in [0.2, 0.25) is 5.95 Å². The number of H-pyrrole nitrogens is 1. The predicted octanol–water partition coefficient (Wildman–Crippen LogP) is 2.77. The Labute approximate surface area is 160 Å². The number of nitrogens with one attached hydrogen (secondary N) is 1. The van der Waals surface area contributed by atoms with Crippen LogP contribution in [0.3, 0.4) is 0 Å². The molecule has 0 saturated heterocycles. The topological polar surface area (TPSA) is 89.9 Å². The minimum absolute atomic E-state index is 0.178. The molecule has 0 atom stereocenters. The maximum absolute atomic E-state index is 12.2. The van der Waals surface area contributed by atoms with Gasteiger partial charge in [0.25, 0.3) is 5.56 Å². The Morgan fingerprint density at radius 3 is 2.43 bits per heavy atom. The summed E-state index contributed by atoms with van der Waals surface area (Å²) in [5, 5.41) is 4.00. The van der Waals surface area contributed by atoms with Crippen LogP contribution in [0.5, 0.6) is 5.75 Å². The van der Waals surface area contributed by atoms with Gasteiger partial charge in [0, 0.05) is 24.2 Å². The molecule has 0 saturated carbocycles. The van der Waals surface area contributed by atoms with Crippen LogP contribution in [0.15, 0.2) is 84.0 Å². The largest absolute Gasteiger partial charge is 0.426 e. The van der Waals surface area contributed by atoms with E-state index in [1.807, 2.05) is 42.5 Å². The van der Waals surface area contributed by atoms with Crippen LogP contribution in [0.4, 0.5) is 0 Å². The van der Waals surface area contributed by atoms with Gasteiger partial charge in [-0.05, 0) is 29.3 Å². The number of rotatable bonds is 5. The number of benzene rings is 2. The molecular weight excluding hydrogens is 356 g/mol. The van der Waals surface area contributed by atoms with Crippen molar-refractivity contribution in [1.29, 1.82) is 0 Å². The maximum atomic E-state index is 12.2. The first-order valence-corrected chi connectivity index (χ1v) is 8.63. The van der Waals surface area contributed by atoms with E-state index >= 15 is 0 Å². The number of nitrogens with zero attached hydrogens (tertiary/aromatic N) is 3. The SMILES string of the molecule is O=C(Cc1cnc(-n2cccn2)[nH]c1=O)Oc1ccc(-c2ccccc2)cc1. The van der Waals surface area contributed by atoms with Crippen molar-refractivity contribution in [1.82, 2.24) is 19.7 Å². The number of hydrogen-bond donors (Lipinski definition) is 1. The molecule has 1 N–H and O–H groups in total. The minimum Gasteiger partial charge on any atom is -0.426 e. The average Bonchev–Trinajstić information content (AvgIpc) is 3.26. The van der Waals surface area contributed by atoms with Crippen molar-refractivity contribution in [2.75, 3.05) is 0 Å². The van der Waals surface area contributed by atoms with Crippen molar-refractivity contribution in [3.63, 3.8) is 0 Å². The van der Waals surface area contributed by atoms with E-state index in [0.29, 0.717) is 5.75 Å². The molecule has 4 rings (SSSR count). The monoisotopic (exact) mass is 372 g/mol. The second-order valence-corrected chi connectivity index (χ2v) is 6.05. The van der Waals surface area contributed by atoms with Crippen molar-refractivity contribution in [2.24, 2.45) is 0 Å². The molecule has 2 aromatic carbocycles. The second-order valence-electron chi connectivity index (χ2n) is 6.05. The summed E-state index contributed by atoms with van der Waals surface area (Å²) in [6, 6.07) is 18.8. The molecule has 0 aliphatic carbocycles. The highest BCUT2D eigenvalue weighted by atomic mass is 16.5. The normalized spacial score (nSPS) is 10.6. The van der Waals surface area contributed by atoms with Gasteiger partial charge in [0.1, 0.15) is 5.75 Å². The van der Waals surface area contributed by atoms with Gasteiger partial charge in [-0.15, -0.1) is 0 Å². The van der Waals surface area contributed by atoms with E-state index < -0.39 is 11.5 Å². The Kier molecular flexibility index (Phi) is 4.79. The van der Waals surface area contributed by atoms with Crippen LogP contribution in [0, 0.1) is 0 Å². The lowest BCUT2D eigenvalue weighted by molar-refractivity contribution is -0.133. The molecule has 7 heteroatoms. The molecule has 0 aliphatic heterocycles. The fraction of sp³-hybridized carbons (Fsp3) is 0.0476. The van der Waals surface area contributed by atoms with Crippen LogP contribution < -0.4 is 10.3 Å². The van der Waals surface area contributed by atoms with Crippen LogP contribution in [0.25, 0.3) is 17.1 Å². The van der Waals surface area contributed by atoms with Gasteiger partial charge in [0.05, 0.1) is 6.42 Å². The van der Waals surface area contributed by atoms with Crippen molar-refractivity contribution >= 4 is 5.97 Å². The van der Waals surface area contributed by atoms with Gasteiger partial charge in [-0.1, -0.05) is 42.5 Å². The van der Waals surface area contributed by atoms with E-state index in [4.69, 9.17) is 4.74 Å². The molecule has 0 aliphatic rings. The molecule has 0 bridgehead atoms. The van der Waals surface area contributed by atoms with Gasteiger partial charge < -0.3 is 4.74 Å². The zero-order valence-corrected chi connectivity index (χ0v) is 14.8. The zero-order valence-electron chi connectivity index (χ0n) is 14.8. The van der Waals surface area contributed by atoms with E-state index in [1.165, 1.54) is 10.9 Å². The van der Waals surface area contributed by atoms with Gasteiger partial charge in [-0.3, -0.25) is 14.6 Å². The Morgan fingerprint density at radius 1 is 1.00 bits per heavy atom. The smallest absolute Gasteiger partial charge is 0.315 e. The number of aromatic amines is 1. The van der Waals surface area contributed by atoms with Crippen molar-refractivity contribution < 1.29 is 9.53 Å². The molecule has 0 unspecified atom stereocenters. The lowest BCUT2D eigenvalue weighted by atomic mass is 10.1. The van der Waals surface area contributed by atoms with Crippen molar-refractivity contribution in [3.8, 4) is 22.8 Å². The molecule has 0 fully saturated rings. The molecule has 138 valence electrons. The summed E-state index contributed by atoms with van der Waals surface area (Å²) < 4.78 is 6.76. The Balaban J connectivity index is 1.42. The van der Waals surface area contributed by atoms with Crippen LogP contribution in [-0.2, 0) is 11.2 Å². The summed E-state index contributed by atoms with van der Waals surface area (Å²) in [6.07, 6.45) is 4.41. The van der Waals surface area contributed by atoms with Gasteiger partial charge in [-0.25, -0.2) is 9.67 Å². The molecule has 28 heavy (non-hydrogen) atoms. The van der Waals surface area contributed by atoms with Crippen LogP contribution in [0.1, 0.15) is 5.56 Å². The standard InChI is InChI=1S/C21H16N4O3/c26-19(13-17-14-22-21(24-20(17)27)25-12-4-11-23-25)28-18-9-7-16(8-10-18)15-5-2-1-3-6-15/h1-12,14H,13H2,(H,22,24,27). The summed E-state index contributed by atoms with van der Waals surface area (Å²) in [5.41, 5.74) is 1.92. The van der Waals surface area contributed by atoms with Crippen LogP contribution >= 0.6 is 0 Å². The molecule has 0 radical (unpaired) electrons. The Hall–Kier alpha value is -4.00. The molecule has 0 spiro atoms. The third-order valence-electron chi connectivity index (χ3n) is 4.11. The summed E-state index contributed by atoms with van der Waals surface area (Å²) in [7, 11) is 0. The van der Waals surface area contributed by atoms with E-state index in [-0.39, 0.29) is 17.9 Å². The lowest BCUT2D eigenvalue weighted by Crippen LogP contribution is -2.22. The van der Waals surface area contributed by atoms with E-state index in [1.54, 1.807) is 30.6 Å². The number of aromatic nitrogens is 4. The highest BCUT2D eigenvalue weighted by molar-refractivity contribution is 5.75. The highest BCUT2D eigenvalue weighted by Gasteiger charge is 2.12. The molecular formula is C21H16N4O3. The summed E-state index contributed by atoms with van der Waals surface area (Å²) in [6.45, 7) is 0. The number of esters is 1. The summed E-state index contributed by atoms with van der Waals surface area (Å²) in [4.78, 5) is 31.1. The molecule has 2 heterocycles. The molecule has 4 aromatic rings. The number of ether oxygens (including phenoxy) is 1. The number of carbonyl (C=O) groups is 1. The third kappa shape index (κ3) is 3.88. The van der Waals surface area contributed by atoms with Crippen molar-refractivity contribution in [2.45, 2.75) is 6.42 Å². The van der Waals surface area contributed by atoms with Gasteiger partial charge >= 0.3 is 5.97 Å². The molecule has 2 aromatic heterocycles. The fourth-order valence-corrected chi connectivity index (χ4v) is 2.72. The van der Waals surface area contributed by atoms with Gasteiger partial charge in [0.15, 0.2) is 0 Å². The minimum atomic E-state index is -0.536. The second kappa shape index (κ2) is 7.71. The van der Waals surface area contributed by atoms with Crippen molar-refractivity contribution in [3.05, 3.63) is 95.2 Å². The quantitative estimate of drug-likeness (QED) is 0.430. The first-order chi connectivity index (χ1) is 13.7. The first kappa shape index (κ1) is 17.4. The number of hydrogen-bond acceptors (Lipinski definition) is 5. The first-order valence-electron chi connectivity index (χ1n) is 8.63. The van der Waals surface area contributed by atoms with Crippen LogP contribution in [-0.4, -0.2) is 25.7 Å². The molecule has 0 amide bonds. The Morgan fingerprint density at radius 2 is 1.75 bits per heavy atom. The zero-order chi connectivity index (χ0) is 19.3. The maximum Gasteiger partial charge on any atom is 0.315 e. The highest BCUT2D eigenvalue weighted by Crippen LogP contribution is 2.22.